The topological polar surface area (TPSA) is 52.0 Å². The highest BCUT2D eigenvalue weighted by molar-refractivity contribution is 7.98. The fraction of sp³-hybridized carbons (Fsp3) is 0.364. The Hall–Kier alpha value is -0.780. The third-order valence-electron chi connectivity index (χ3n) is 2.60. The second kappa shape index (κ2) is 4.24. The fourth-order valence-electron chi connectivity index (χ4n) is 1.79. The SMILES string of the molecule is NCc1ncc(-c2cc3c(s2)CCSC3)o1. The van der Waals surface area contributed by atoms with Crippen molar-refractivity contribution in [2.45, 2.75) is 18.7 Å². The Bertz CT molecular complexity index is 480. The van der Waals surface area contributed by atoms with Crippen LogP contribution in [0, 0.1) is 0 Å². The number of aryl methyl sites for hydroxylation is 1. The summed E-state index contributed by atoms with van der Waals surface area (Å²) in [7, 11) is 0. The number of rotatable bonds is 2. The molecule has 3 nitrogen and oxygen atoms in total. The van der Waals surface area contributed by atoms with Gasteiger partial charge < -0.3 is 10.2 Å². The summed E-state index contributed by atoms with van der Waals surface area (Å²) < 4.78 is 5.56. The van der Waals surface area contributed by atoms with Gasteiger partial charge in [0.25, 0.3) is 0 Å². The number of thiophene rings is 1. The molecule has 2 aromatic rings. The van der Waals surface area contributed by atoms with E-state index in [1.165, 1.54) is 27.5 Å². The summed E-state index contributed by atoms with van der Waals surface area (Å²) in [6, 6.07) is 2.23. The van der Waals surface area contributed by atoms with Gasteiger partial charge in [0.1, 0.15) is 0 Å². The molecule has 0 amide bonds. The molecule has 0 atom stereocenters. The highest BCUT2D eigenvalue weighted by atomic mass is 32.2. The molecule has 84 valence electrons. The van der Waals surface area contributed by atoms with Crippen molar-refractivity contribution in [3.05, 3.63) is 28.6 Å². The maximum atomic E-state index is 5.56. The van der Waals surface area contributed by atoms with Crippen LogP contribution in [0.1, 0.15) is 16.3 Å². The average molecular weight is 252 g/mol. The first-order valence-corrected chi connectivity index (χ1v) is 7.18. The standard InChI is InChI=1S/C11H12N2OS2/c12-4-11-13-5-8(14-11)10-3-7-6-15-2-1-9(7)16-10/h3,5H,1-2,4,6,12H2. The summed E-state index contributed by atoms with van der Waals surface area (Å²) in [5, 5.41) is 0. The van der Waals surface area contributed by atoms with Gasteiger partial charge in [-0.3, -0.25) is 0 Å². The summed E-state index contributed by atoms with van der Waals surface area (Å²) in [4.78, 5) is 6.81. The van der Waals surface area contributed by atoms with E-state index < -0.39 is 0 Å². The van der Waals surface area contributed by atoms with Crippen molar-refractivity contribution in [3.8, 4) is 10.6 Å². The molecule has 0 fully saturated rings. The predicted octanol–water partition coefficient (Wildman–Crippen LogP) is 2.65. The van der Waals surface area contributed by atoms with Crippen LogP contribution in [0.15, 0.2) is 16.7 Å². The van der Waals surface area contributed by atoms with Crippen LogP contribution >= 0.6 is 23.1 Å². The minimum Gasteiger partial charge on any atom is -0.438 e. The fourth-order valence-corrected chi connectivity index (χ4v) is 4.11. The average Bonchev–Trinajstić information content (AvgIpc) is 2.95. The van der Waals surface area contributed by atoms with E-state index >= 15 is 0 Å². The van der Waals surface area contributed by atoms with Gasteiger partial charge in [-0.25, -0.2) is 4.98 Å². The molecule has 0 saturated carbocycles. The van der Waals surface area contributed by atoms with Gasteiger partial charge in [-0.05, 0) is 23.8 Å². The van der Waals surface area contributed by atoms with Crippen LogP contribution in [-0.4, -0.2) is 10.7 Å². The smallest absolute Gasteiger partial charge is 0.208 e. The molecule has 0 spiro atoms. The molecule has 2 N–H and O–H groups in total. The molecule has 1 aliphatic rings. The van der Waals surface area contributed by atoms with Crippen molar-refractivity contribution in [3.63, 3.8) is 0 Å². The first kappa shape index (κ1) is 10.4. The first-order valence-electron chi connectivity index (χ1n) is 5.21. The normalized spacial score (nSPS) is 15.1. The van der Waals surface area contributed by atoms with Crippen LogP contribution in [0.5, 0.6) is 0 Å². The number of aromatic nitrogens is 1. The van der Waals surface area contributed by atoms with Crippen LogP contribution in [0.4, 0.5) is 0 Å². The number of fused-ring (bicyclic) bond motifs is 1. The predicted molar refractivity (Wildman–Crippen MR) is 67.6 cm³/mol. The highest BCUT2D eigenvalue weighted by Gasteiger charge is 2.16. The third kappa shape index (κ3) is 1.79. The van der Waals surface area contributed by atoms with Gasteiger partial charge in [0.15, 0.2) is 5.76 Å². The zero-order valence-corrected chi connectivity index (χ0v) is 10.4. The lowest BCUT2D eigenvalue weighted by Gasteiger charge is -2.08. The van der Waals surface area contributed by atoms with Crippen LogP contribution in [0.25, 0.3) is 10.6 Å². The Morgan fingerprint density at radius 3 is 3.19 bits per heavy atom. The Kier molecular flexibility index (Phi) is 2.75. The molecule has 0 bridgehead atoms. The van der Waals surface area contributed by atoms with Gasteiger partial charge in [0.05, 0.1) is 17.6 Å². The van der Waals surface area contributed by atoms with Crippen LogP contribution < -0.4 is 5.73 Å². The van der Waals surface area contributed by atoms with E-state index in [1.807, 2.05) is 23.1 Å². The number of hydrogen-bond acceptors (Lipinski definition) is 5. The lowest BCUT2D eigenvalue weighted by atomic mass is 10.2. The largest absolute Gasteiger partial charge is 0.438 e. The van der Waals surface area contributed by atoms with Gasteiger partial charge in [0, 0.05) is 10.6 Å². The molecule has 1 aliphatic heterocycles. The van der Waals surface area contributed by atoms with Crippen molar-refractivity contribution >= 4 is 23.1 Å². The molecule has 0 unspecified atom stereocenters. The second-order valence-corrected chi connectivity index (χ2v) is 5.93. The summed E-state index contributed by atoms with van der Waals surface area (Å²) in [5.41, 5.74) is 6.94. The van der Waals surface area contributed by atoms with Crippen molar-refractivity contribution in [1.29, 1.82) is 0 Å². The first-order chi connectivity index (χ1) is 7.86. The van der Waals surface area contributed by atoms with Crippen LogP contribution in [0.2, 0.25) is 0 Å². The van der Waals surface area contributed by atoms with Crippen molar-refractivity contribution in [2.75, 3.05) is 5.75 Å². The molecule has 2 aromatic heterocycles. The Labute approximate surface area is 102 Å². The van der Waals surface area contributed by atoms with Crippen molar-refractivity contribution in [2.24, 2.45) is 5.73 Å². The zero-order valence-electron chi connectivity index (χ0n) is 8.73. The number of nitrogens with two attached hydrogens (primary N) is 1. The molecular formula is C11H12N2OS2. The summed E-state index contributed by atoms with van der Waals surface area (Å²) in [6.07, 6.45) is 2.95. The zero-order chi connectivity index (χ0) is 11.0. The van der Waals surface area contributed by atoms with E-state index in [0.717, 1.165) is 11.5 Å². The third-order valence-corrected chi connectivity index (χ3v) is 4.86. The van der Waals surface area contributed by atoms with Crippen LogP contribution in [0.3, 0.4) is 0 Å². The minimum atomic E-state index is 0.362. The summed E-state index contributed by atoms with van der Waals surface area (Å²) >= 11 is 3.82. The number of thioether (sulfide) groups is 1. The van der Waals surface area contributed by atoms with Gasteiger partial charge >= 0.3 is 0 Å². The van der Waals surface area contributed by atoms with E-state index in [1.54, 1.807) is 6.20 Å². The lowest BCUT2D eigenvalue weighted by molar-refractivity contribution is 0.510. The monoisotopic (exact) mass is 252 g/mol. The summed E-state index contributed by atoms with van der Waals surface area (Å²) in [5.74, 6) is 3.82. The molecule has 0 aromatic carbocycles. The van der Waals surface area contributed by atoms with E-state index in [-0.39, 0.29) is 0 Å². The molecule has 0 aliphatic carbocycles. The maximum absolute atomic E-state index is 5.56. The van der Waals surface area contributed by atoms with Gasteiger partial charge in [0.2, 0.25) is 5.89 Å². The molecule has 5 heteroatoms. The van der Waals surface area contributed by atoms with Crippen molar-refractivity contribution < 1.29 is 4.42 Å². The minimum absolute atomic E-state index is 0.362. The molecule has 0 radical (unpaired) electrons. The van der Waals surface area contributed by atoms with Gasteiger partial charge in [-0.1, -0.05) is 0 Å². The molecule has 3 heterocycles. The number of oxazole rings is 1. The maximum Gasteiger partial charge on any atom is 0.208 e. The van der Waals surface area contributed by atoms with Crippen LogP contribution in [-0.2, 0) is 18.7 Å². The molecule has 0 saturated heterocycles. The Morgan fingerprint density at radius 2 is 2.44 bits per heavy atom. The number of hydrogen-bond donors (Lipinski definition) is 1. The Morgan fingerprint density at radius 1 is 1.50 bits per heavy atom. The number of nitrogens with zero attached hydrogens (tertiary/aromatic N) is 1. The van der Waals surface area contributed by atoms with E-state index in [4.69, 9.17) is 10.2 Å². The molecule has 16 heavy (non-hydrogen) atoms. The quantitative estimate of drug-likeness (QED) is 0.892. The van der Waals surface area contributed by atoms with E-state index in [2.05, 4.69) is 11.1 Å². The van der Waals surface area contributed by atoms with E-state index in [0.29, 0.717) is 12.4 Å². The second-order valence-electron chi connectivity index (χ2n) is 3.68. The molecule has 3 rings (SSSR count). The van der Waals surface area contributed by atoms with Gasteiger partial charge in [-0.15, -0.1) is 11.3 Å². The molecular weight excluding hydrogens is 240 g/mol. The Balaban J connectivity index is 1.96. The summed E-state index contributed by atoms with van der Waals surface area (Å²) in [6.45, 7) is 0.362. The van der Waals surface area contributed by atoms with E-state index in [9.17, 15) is 0 Å². The highest BCUT2D eigenvalue weighted by Crippen LogP contribution is 2.37. The van der Waals surface area contributed by atoms with Gasteiger partial charge in [-0.2, -0.15) is 11.8 Å². The van der Waals surface area contributed by atoms with Crippen molar-refractivity contribution in [1.82, 2.24) is 4.98 Å². The lowest BCUT2D eigenvalue weighted by Crippen LogP contribution is -1.96.